The first-order valence-electron chi connectivity index (χ1n) is 4.67. The normalized spacial score (nSPS) is 9.33. The molecule has 0 spiro atoms. The summed E-state index contributed by atoms with van der Waals surface area (Å²) in [6, 6.07) is 9.43. The van der Waals surface area contributed by atoms with E-state index < -0.39 is 0 Å². The quantitative estimate of drug-likeness (QED) is 0.744. The van der Waals surface area contributed by atoms with Crippen LogP contribution in [-0.2, 0) is 11.3 Å². The number of carbonyl (C=O) groups excluding carboxylic acids is 1. The Kier molecular flexibility index (Phi) is 4.32. The van der Waals surface area contributed by atoms with Crippen LogP contribution in [-0.4, -0.2) is 19.5 Å². The number of nitriles is 1. The lowest BCUT2D eigenvalue weighted by atomic mass is 10.1. The lowest BCUT2D eigenvalue weighted by molar-refractivity contribution is -0.119. The molecule has 4 nitrogen and oxygen atoms in total. The van der Waals surface area contributed by atoms with Gasteiger partial charge in [-0.05, 0) is 11.6 Å². The van der Waals surface area contributed by atoms with E-state index in [1.165, 1.54) is 0 Å². The van der Waals surface area contributed by atoms with Crippen LogP contribution in [0.3, 0.4) is 0 Å². The number of nitrogens with zero attached hydrogens (tertiary/aromatic N) is 1. The molecule has 15 heavy (non-hydrogen) atoms. The summed E-state index contributed by atoms with van der Waals surface area (Å²) in [4.78, 5) is 10.9. The Morgan fingerprint density at radius 1 is 1.47 bits per heavy atom. The molecule has 0 heterocycles. The molecule has 0 atom stereocenters. The van der Waals surface area contributed by atoms with Gasteiger partial charge in [0.05, 0.1) is 18.2 Å². The summed E-state index contributed by atoms with van der Waals surface area (Å²) >= 11 is 0. The van der Waals surface area contributed by atoms with Gasteiger partial charge in [0, 0.05) is 13.6 Å². The number of benzene rings is 1. The molecular formula is C11H13N3O. The summed E-state index contributed by atoms with van der Waals surface area (Å²) in [5.74, 6) is -0.0653. The van der Waals surface area contributed by atoms with Crippen molar-refractivity contribution in [2.24, 2.45) is 0 Å². The maximum Gasteiger partial charge on any atom is 0.233 e. The molecule has 1 amide bonds. The molecule has 0 radical (unpaired) electrons. The summed E-state index contributed by atoms with van der Waals surface area (Å²) < 4.78 is 0. The van der Waals surface area contributed by atoms with Crippen LogP contribution in [0.2, 0.25) is 0 Å². The van der Waals surface area contributed by atoms with Crippen LogP contribution in [0.15, 0.2) is 24.3 Å². The van der Waals surface area contributed by atoms with Crippen molar-refractivity contribution in [1.29, 1.82) is 5.26 Å². The van der Waals surface area contributed by atoms with Gasteiger partial charge in [-0.2, -0.15) is 5.26 Å². The number of rotatable bonds is 4. The smallest absolute Gasteiger partial charge is 0.233 e. The highest BCUT2D eigenvalue weighted by Gasteiger charge is 2.01. The number of hydrogen-bond donors (Lipinski definition) is 2. The van der Waals surface area contributed by atoms with Gasteiger partial charge < -0.3 is 10.6 Å². The Morgan fingerprint density at radius 3 is 2.87 bits per heavy atom. The predicted molar refractivity (Wildman–Crippen MR) is 56.9 cm³/mol. The van der Waals surface area contributed by atoms with Gasteiger partial charge in [0.2, 0.25) is 5.91 Å². The van der Waals surface area contributed by atoms with Gasteiger partial charge in [-0.25, -0.2) is 0 Å². The zero-order chi connectivity index (χ0) is 11.1. The topological polar surface area (TPSA) is 64.9 Å². The number of hydrogen-bond acceptors (Lipinski definition) is 3. The Balaban J connectivity index is 2.51. The van der Waals surface area contributed by atoms with Crippen LogP contribution in [0.1, 0.15) is 11.1 Å². The second kappa shape index (κ2) is 5.78. The Bertz CT molecular complexity index is 382. The summed E-state index contributed by atoms with van der Waals surface area (Å²) in [6.45, 7) is 0.785. The molecule has 78 valence electrons. The first-order chi connectivity index (χ1) is 7.27. The minimum Gasteiger partial charge on any atom is -0.358 e. The maximum absolute atomic E-state index is 10.9. The van der Waals surface area contributed by atoms with Gasteiger partial charge in [-0.15, -0.1) is 0 Å². The molecule has 0 aliphatic heterocycles. The van der Waals surface area contributed by atoms with E-state index in [-0.39, 0.29) is 12.5 Å². The van der Waals surface area contributed by atoms with Gasteiger partial charge in [0.15, 0.2) is 0 Å². The summed E-state index contributed by atoms with van der Waals surface area (Å²) in [6.07, 6.45) is 0. The number of carbonyl (C=O) groups is 1. The third-order valence-electron chi connectivity index (χ3n) is 2.02. The molecule has 2 N–H and O–H groups in total. The molecule has 0 aliphatic rings. The largest absolute Gasteiger partial charge is 0.358 e. The molecule has 4 heteroatoms. The van der Waals surface area contributed by atoms with Crippen molar-refractivity contribution < 1.29 is 4.79 Å². The maximum atomic E-state index is 10.9. The molecule has 1 aromatic rings. The highest BCUT2D eigenvalue weighted by Crippen LogP contribution is 2.06. The van der Waals surface area contributed by atoms with E-state index in [1.807, 2.05) is 18.2 Å². The Labute approximate surface area is 88.9 Å². The Morgan fingerprint density at radius 2 is 2.20 bits per heavy atom. The SMILES string of the molecule is CNC(=O)CNCc1ccccc1C#N. The van der Waals surface area contributed by atoms with E-state index in [0.29, 0.717) is 12.1 Å². The fraction of sp³-hybridized carbons (Fsp3) is 0.273. The van der Waals surface area contributed by atoms with Gasteiger partial charge in [-0.3, -0.25) is 4.79 Å². The fourth-order valence-corrected chi connectivity index (χ4v) is 1.18. The van der Waals surface area contributed by atoms with Crippen LogP contribution in [0, 0.1) is 11.3 Å². The van der Waals surface area contributed by atoms with Gasteiger partial charge in [-0.1, -0.05) is 18.2 Å². The summed E-state index contributed by atoms with van der Waals surface area (Å²) in [5, 5.41) is 14.3. The number of nitrogens with one attached hydrogen (secondary N) is 2. The highest BCUT2D eigenvalue weighted by atomic mass is 16.1. The standard InChI is InChI=1S/C11H13N3O/c1-13-11(15)8-14-7-10-5-3-2-4-9(10)6-12/h2-5,14H,7-8H2,1H3,(H,13,15). The zero-order valence-electron chi connectivity index (χ0n) is 8.58. The van der Waals surface area contributed by atoms with Crippen LogP contribution in [0.5, 0.6) is 0 Å². The second-order valence-electron chi connectivity index (χ2n) is 3.05. The van der Waals surface area contributed by atoms with E-state index in [1.54, 1.807) is 13.1 Å². The summed E-state index contributed by atoms with van der Waals surface area (Å²) in [5.41, 5.74) is 1.55. The third-order valence-corrected chi connectivity index (χ3v) is 2.02. The predicted octanol–water partition coefficient (Wildman–Crippen LogP) is 0.394. The molecule has 0 aromatic heterocycles. The zero-order valence-corrected chi connectivity index (χ0v) is 8.58. The molecule has 0 fully saturated rings. The van der Waals surface area contributed by atoms with Crippen LogP contribution < -0.4 is 10.6 Å². The van der Waals surface area contributed by atoms with Gasteiger partial charge in [0.1, 0.15) is 0 Å². The van der Waals surface area contributed by atoms with Crippen molar-refractivity contribution in [3.05, 3.63) is 35.4 Å². The molecule has 0 bridgehead atoms. The first-order valence-corrected chi connectivity index (χ1v) is 4.67. The minimum atomic E-state index is -0.0653. The molecule has 0 aliphatic carbocycles. The monoisotopic (exact) mass is 203 g/mol. The highest BCUT2D eigenvalue weighted by molar-refractivity contribution is 5.77. The minimum absolute atomic E-state index is 0.0653. The average Bonchev–Trinajstić information content (AvgIpc) is 2.29. The summed E-state index contributed by atoms with van der Waals surface area (Å²) in [7, 11) is 1.59. The lowest BCUT2D eigenvalue weighted by Gasteiger charge is -2.05. The van der Waals surface area contributed by atoms with Crippen LogP contribution in [0.25, 0.3) is 0 Å². The van der Waals surface area contributed by atoms with Crippen LogP contribution in [0.4, 0.5) is 0 Å². The van der Waals surface area contributed by atoms with Crippen molar-refractivity contribution in [1.82, 2.24) is 10.6 Å². The van der Waals surface area contributed by atoms with Gasteiger partial charge in [0.25, 0.3) is 0 Å². The Hall–Kier alpha value is -1.86. The molecule has 1 aromatic carbocycles. The van der Waals surface area contributed by atoms with E-state index >= 15 is 0 Å². The van der Waals surface area contributed by atoms with Crippen LogP contribution >= 0.6 is 0 Å². The second-order valence-corrected chi connectivity index (χ2v) is 3.05. The number of amides is 1. The lowest BCUT2D eigenvalue weighted by Crippen LogP contribution is -2.31. The van der Waals surface area contributed by atoms with Gasteiger partial charge >= 0.3 is 0 Å². The van der Waals surface area contributed by atoms with Crippen molar-refractivity contribution in [2.45, 2.75) is 6.54 Å². The van der Waals surface area contributed by atoms with Crippen molar-refractivity contribution >= 4 is 5.91 Å². The van der Waals surface area contributed by atoms with Crippen molar-refractivity contribution in [3.8, 4) is 6.07 Å². The third kappa shape index (κ3) is 3.41. The fourth-order valence-electron chi connectivity index (χ4n) is 1.18. The van der Waals surface area contributed by atoms with E-state index in [0.717, 1.165) is 5.56 Å². The van der Waals surface area contributed by atoms with E-state index in [9.17, 15) is 4.79 Å². The molecule has 0 unspecified atom stereocenters. The number of likely N-dealkylation sites (N-methyl/N-ethyl adjacent to an activating group) is 1. The molecule has 0 saturated carbocycles. The van der Waals surface area contributed by atoms with E-state index in [4.69, 9.17) is 5.26 Å². The van der Waals surface area contributed by atoms with E-state index in [2.05, 4.69) is 16.7 Å². The molecular weight excluding hydrogens is 190 g/mol. The van der Waals surface area contributed by atoms with Crippen molar-refractivity contribution in [3.63, 3.8) is 0 Å². The molecule has 1 rings (SSSR count). The van der Waals surface area contributed by atoms with Crippen molar-refractivity contribution in [2.75, 3.05) is 13.6 Å². The first kappa shape index (κ1) is 11.2. The molecule has 0 saturated heterocycles. The average molecular weight is 203 g/mol.